The average Bonchev–Trinajstić information content (AvgIpc) is 2.41. The van der Waals surface area contributed by atoms with E-state index in [1.165, 1.54) is 0 Å². The Kier molecular flexibility index (Phi) is 3.88. The molecule has 0 aliphatic rings. The Morgan fingerprint density at radius 1 is 1.28 bits per heavy atom. The monoisotopic (exact) mass is 242 g/mol. The highest BCUT2D eigenvalue weighted by Gasteiger charge is 2.03. The van der Waals surface area contributed by atoms with Crippen molar-refractivity contribution in [2.24, 2.45) is 5.84 Å². The minimum Gasteiger partial charge on any atom is -0.438 e. The molecule has 1 heterocycles. The lowest BCUT2D eigenvalue weighted by Gasteiger charge is -2.08. The lowest BCUT2D eigenvalue weighted by Crippen LogP contribution is -2.10. The number of hydrogen-bond acceptors (Lipinski definition) is 5. The van der Waals surface area contributed by atoms with E-state index < -0.39 is 0 Å². The molecule has 1 aromatic heterocycles. The Morgan fingerprint density at radius 2 is 2.11 bits per heavy atom. The van der Waals surface area contributed by atoms with Crippen LogP contribution in [0.5, 0.6) is 11.6 Å². The Morgan fingerprint density at radius 3 is 2.89 bits per heavy atom. The predicted octanol–water partition coefficient (Wildman–Crippen LogP) is 2.59. The van der Waals surface area contributed by atoms with Gasteiger partial charge in [-0.3, -0.25) is 5.43 Å². The number of ether oxygens (including phenoxy) is 1. The first-order chi connectivity index (χ1) is 8.83. The summed E-state index contributed by atoms with van der Waals surface area (Å²) in [5, 5.41) is 0. The number of rotatable bonds is 4. The van der Waals surface area contributed by atoms with Gasteiger partial charge in [-0.05, 0) is 13.0 Å². The number of benzene rings is 1. The van der Waals surface area contributed by atoms with Gasteiger partial charge in [0, 0.05) is 17.8 Å². The van der Waals surface area contributed by atoms with Crippen molar-refractivity contribution in [3.05, 3.63) is 48.2 Å². The van der Waals surface area contributed by atoms with Gasteiger partial charge in [-0.2, -0.15) is 4.98 Å². The van der Waals surface area contributed by atoms with Gasteiger partial charge >= 0.3 is 0 Å². The van der Waals surface area contributed by atoms with E-state index in [9.17, 15) is 0 Å². The number of hydrazine groups is 1. The molecule has 0 bridgehead atoms. The highest BCUT2D eigenvalue weighted by molar-refractivity contribution is 5.57. The second-order valence-electron chi connectivity index (χ2n) is 3.50. The van der Waals surface area contributed by atoms with E-state index >= 15 is 0 Å². The van der Waals surface area contributed by atoms with Gasteiger partial charge in [-0.1, -0.05) is 30.4 Å². The quantitative estimate of drug-likeness (QED) is 0.636. The van der Waals surface area contributed by atoms with E-state index in [2.05, 4.69) is 15.4 Å². The maximum atomic E-state index is 5.71. The largest absolute Gasteiger partial charge is 0.438 e. The van der Waals surface area contributed by atoms with E-state index in [0.29, 0.717) is 11.8 Å². The molecule has 0 saturated heterocycles. The fourth-order valence-corrected chi connectivity index (χ4v) is 1.47. The van der Waals surface area contributed by atoms with Gasteiger partial charge in [0.2, 0.25) is 11.8 Å². The molecule has 0 saturated carbocycles. The smallest absolute Gasteiger partial charge is 0.240 e. The van der Waals surface area contributed by atoms with Gasteiger partial charge in [0.15, 0.2) is 0 Å². The molecular formula is C13H14N4O. The third-order valence-corrected chi connectivity index (χ3v) is 2.24. The summed E-state index contributed by atoms with van der Waals surface area (Å²) in [5.41, 5.74) is 3.36. The molecule has 0 aliphatic carbocycles. The van der Waals surface area contributed by atoms with Gasteiger partial charge in [0.1, 0.15) is 5.75 Å². The van der Waals surface area contributed by atoms with Gasteiger partial charge in [-0.25, -0.2) is 10.8 Å². The molecule has 1 aromatic carbocycles. The van der Waals surface area contributed by atoms with E-state index in [1.54, 1.807) is 12.3 Å². The van der Waals surface area contributed by atoms with E-state index in [-0.39, 0.29) is 0 Å². The summed E-state index contributed by atoms with van der Waals surface area (Å²) in [5.74, 6) is 6.74. The molecular weight excluding hydrogens is 228 g/mol. The molecule has 2 aromatic rings. The minimum absolute atomic E-state index is 0.316. The standard InChI is InChI=1S/C13H14N4O/c1-2-5-10-6-3-4-7-11(10)18-12-8-9-15-13(16-12)17-14/h2-9H,14H2,1H3,(H,15,16,17)/b5-2+. The van der Waals surface area contributed by atoms with Crippen LogP contribution in [0.1, 0.15) is 12.5 Å². The predicted molar refractivity (Wildman–Crippen MR) is 71.1 cm³/mol. The zero-order valence-corrected chi connectivity index (χ0v) is 10.00. The third kappa shape index (κ3) is 2.83. The number of para-hydroxylation sites is 1. The fraction of sp³-hybridized carbons (Fsp3) is 0.0769. The van der Waals surface area contributed by atoms with Crippen LogP contribution in [0.25, 0.3) is 6.08 Å². The molecule has 0 aliphatic heterocycles. The number of anilines is 1. The summed E-state index contributed by atoms with van der Waals surface area (Å²) >= 11 is 0. The zero-order chi connectivity index (χ0) is 12.8. The number of nitrogens with one attached hydrogen (secondary N) is 1. The van der Waals surface area contributed by atoms with Crippen molar-refractivity contribution in [1.29, 1.82) is 0 Å². The lowest BCUT2D eigenvalue weighted by atomic mass is 10.2. The first-order valence-corrected chi connectivity index (χ1v) is 5.52. The first kappa shape index (κ1) is 12.1. The highest BCUT2D eigenvalue weighted by atomic mass is 16.5. The Hall–Kier alpha value is -2.40. The fourth-order valence-electron chi connectivity index (χ4n) is 1.47. The molecule has 5 heteroatoms. The van der Waals surface area contributed by atoms with E-state index in [0.717, 1.165) is 11.3 Å². The van der Waals surface area contributed by atoms with Crippen LogP contribution in [0.15, 0.2) is 42.6 Å². The van der Waals surface area contributed by atoms with Crippen LogP contribution in [-0.4, -0.2) is 9.97 Å². The summed E-state index contributed by atoms with van der Waals surface area (Å²) in [6.07, 6.45) is 5.50. The van der Waals surface area contributed by atoms with Crippen LogP contribution >= 0.6 is 0 Å². The molecule has 2 rings (SSSR count). The Labute approximate surface area is 105 Å². The Bertz CT molecular complexity index is 554. The normalized spacial score (nSPS) is 10.6. The number of nitrogens with two attached hydrogens (primary N) is 1. The van der Waals surface area contributed by atoms with Crippen LogP contribution in [-0.2, 0) is 0 Å². The molecule has 0 unspecified atom stereocenters. The molecule has 0 amide bonds. The minimum atomic E-state index is 0.316. The molecule has 0 atom stereocenters. The maximum Gasteiger partial charge on any atom is 0.240 e. The van der Waals surface area contributed by atoms with Crippen molar-refractivity contribution in [3.8, 4) is 11.6 Å². The molecule has 0 radical (unpaired) electrons. The van der Waals surface area contributed by atoms with Gasteiger partial charge in [-0.15, -0.1) is 0 Å². The summed E-state index contributed by atoms with van der Waals surface area (Å²) in [4.78, 5) is 8.01. The van der Waals surface area contributed by atoms with Crippen molar-refractivity contribution < 1.29 is 4.74 Å². The lowest BCUT2D eigenvalue weighted by molar-refractivity contribution is 0.461. The summed E-state index contributed by atoms with van der Waals surface area (Å²) in [6.45, 7) is 1.96. The van der Waals surface area contributed by atoms with E-state index in [1.807, 2.05) is 43.3 Å². The van der Waals surface area contributed by atoms with Crippen molar-refractivity contribution in [3.63, 3.8) is 0 Å². The maximum absolute atomic E-state index is 5.71. The number of nitrogen functional groups attached to an aromatic ring is 1. The van der Waals surface area contributed by atoms with Crippen molar-refractivity contribution in [2.75, 3.05) is 5.43 Å². The van der Waals surface area contributed by atoms with Gasteiger partial charge in [0.05, 0.1) is 0 Å². The SMILES string of the molecule is C/C=C/c1ccccc1Oc1ccnc(NN)n1. The molecule has 92 valence electrons. The van der Waals surface area contributed by atoms with E-state index in [4.69, 9.17) is 10.6 Å². The number of nitrogens with zero attached hydrogens (tertiary/aromatic N) is 2. The average molecular weight is 242 g/mol. The van der Waals surface area contributed by atoms with Crippen LogP contribution in [0.4, 0.5) is 5.95 Å². The van der Waals surface area contributed by atoms with Crippen LogP contribution in [0.3, 0.4) is 0 Å². The van der Waals surface area contributed by atoms with Crippen LogP contribution < -0.4 is 16.0 Å². The van der Waals surface area contributed by atoms with Crippen molar-refractivity contribution in [1.82, 2.24) is 9.97 Å². The van der Waals surface area contributed by atoms with Crippen LogP contribution in [0.2, 0.25) is 0 Å². The highest BCUT2D eigenvalue weighted by Crippen LogP contribution is 2.25. The molecule has 0 spiro atoms. The van der Waals surface area contributed by atoms with Crippen LogP contribution in [0, 0.1) is 0 Å². The Balaban J connectivity index is 2.27. The van der Waals surface area contributed by atoms with Crippen molar-refractivity contribution >= 4 is 12.0 Å². The summed E-state index contributed by atoms with van der Waals surface area (Å²) < 4.78 is 5.71. The number of aromatic nitrogens is 2. The molecule has 3 N–H and O–H groups in total. The second-order valence-corrected chi connectivity index (χ2v) is 3.50. The molecule has 18 heavy (non-hydrogen) atoms. The first-order valence-electron chi connectivity index (χ1n) is 5.52. The van der Waals surface area contributed by atoms with Gasteiger partial charge < -0.3 is 4.74 Å². The second kappa shape index (κ2) is 5.79. The summed E-state index contributed by atoms with van der Waals surface area (Å²) in [6, 6.07) is 9.39. The third-order valence-electron chi connectivity index (χ3n) is 2.24. The number of allylic oxidation sites excluding steroid dienone is 1. The zero-order valence-electron chi connectivity index (χ0n) is 10.00. The van der Waals surface area contributed by atoms with Gasteiger partial charge in [0.25, 0.3) is 0 Å². The topological polar surface area (TPSA) is 73.1 Å². The number of hydrogen-bond donors (Lipinski definition) is 2. The molecule has 5 nitrogen and oxygen atoms in total. The summed E-state index contributed by atoms with van der Waals surface area (Å²) in [7, 11) is 0. The molecule has 0 fully saturated rings. The van der Waals surface area contributed by atoms with Crippen molar-refractivity contribution in [2.45, 2.75) is 6.92 Å².